The summed E-state index contributed by atoms with van der Waals surface area (Å²) >= 11 is 0. The summed E-state index contributed by atoms with van der Waals surface area (Å²) in [5.41, 5.74) is 1.26. The number of hydrogen-bond acceptors (Lipinski definition) is 2. The van der Waals surface area contributed by atoms with E-state index in [0.29, 0.717) is 11.7 Å². The Morgan fingerprint density at radius 1 is 1.40 bits per heavy atom. The molecule has 2 heteroatoms. The summed E-state index contributed by atoms with van der Waals surface area (Å²) < 4.78 is 0. The normalized spacial score (nSPS) is 25.3. The van der Waals surface area contributed by atoms with E-state index in [1.165, 1.54) is 6.42 Å². The number of rotatable bonds is 3. The lowest BCUT2D eigenvalue weighted by molar-refractivity contribution is 0.138. The lowest BCUT2D eigenvalue weighted by atomic mass is 9.73. The van der Waals surface area contributed by atoms with E-state index in [9.17, 15) is 5.11 Å². The molecular weight excluding hydrogens is 186 g/mol. The predicted molar refractivity (Wildman–Crippen MR) is 62.0 cm³/mol. The summed E-state index contributed by atoms with van der Waals surface area (Å²) in [5, 5.41) is 13.3. The molecule has 1 unspecified atom stereocenters. The van der Waals surface area contributed by atoms with Gasteiger partial charge in [-0.2, -0.15) is 0 Å². The van der Waals surface area contributed by atoms with Crippen molar-refractivity contribution in [3.8, 4) is 5.75 Å². The lowest BCUT2D eigenvalue weighted by Crippen LogP contribution is -2.61. The summed E-state index contributed by atoms with van der Waals surface area (Å²) in [6.07, 6.45) is 2.14. The third-order valence-corrected chi connectivity index (χ3v) is 3.65. The van der Waals surface area contributed by atoms with Crippen LogP contribution in [0.4, 0.5) is 0 Å². The fourth-order valence-corrected chi connectivity index (χ4v) is 2.29. The molecule has 2 rings (SSSR count). The Morgan fingerprint density at radius 2 is 2.07 bits per heavy atom. The van der Waals surface area contributed by atoms with Crippen LogP contribution in [0.3, 0.4) is 0 Å². The molecule has 0 bridgehead atoms. The molecule has 1 heterocycles. The van der Waals surface area contributed by atoms with Crippen LogP contribution in [-0.4, -0.2) is 17.2 Å². The number of aromatic hydroxyl groups is 1. The van der Waals surface area contributed by atoms with E-state index in [-0.39, 0.29) is 5.54 Å². The van der Waals surface area contributed by atoms with Crippen molar-refractivity contribution in [1.82, 2.24) is 5.32 Å². The fraction of sp³-hybridized carbons (Fsp3) is 0.538. The van der Waals surface area contributed by atoms with Gasteiger partial charge in [0.2, 0.25) is 0 Å². The van der Waals surface area contributed by atoms with Crippen molar-refractivity contribution in [3.63, 3.8) is 0 Å². The summed E-state index contributed by atoms with van der Waals surface area (Å²) in [6.45, 7) is 5.59. The molecule has 0 radical (unpaired) electrons. The number of phenols is 1. The first-order valence-electron chi connectivity index (χ1n) is 5.66. The van der Waals surface area contributed by atoms with Gasteiger partial charge in [0.1, 0.15) is 5.75 Å². The highest BCUT2D eigenvalue weighted by molar-refractivity contribution is 5.34. The van der Waals surface area contributed by atoms with Crippen LogP contribution in [0.25, 0.3) is 0 Å². The van der Waals surface area contributed by atoms with Gasteiger partial charge in [0, 0.05) is 5.54 Å². The first kappa shape index (κ1) is 10.5. The molecule has 1 aliphatic heterocycles. The number of hydrogen-bond donors (Lipinski definition) is 2. The van der Waals surface area contributed by atoms with E-state index < -0.39 is 0 Å². The monoisotopic (exact) mass is 205 g/mol. The average Bonchev–Trinajstić information content (AvgIpc) is 2.13. The van der Waals surface area contributed by atoms with Crippen molar-refractivity contribution >= 4 is 0 Å². The van der Waals surface area contributed by atoms with Crippen LogP contribution in [0, 0.1) is 5.92 Å². The Labute approximate surface area is 91.3 Å². The molecule has 1 saturated heterocycles. The largest absolute Gasteiger partial charge is 0.508 e. The highest BCUT2D eigenvalue weighted by atomic mass is 16.3. The van der Waals surface area contributed by atoms with Gasteiger partial charge in [-0.05, 0) is 36.9 Å². The van der Waals surface area contributed by atoms with Crippen molar-refractivity contribution < 1.29 is 5.11 Å². The van der Waals surface area contributed by atoms with Gasteiger partial charge in [-0.15, -0.1) is 0 Å². The molecule has 0 spiro atoms. The van der Waals surface area contributed by atoms with E-state index in [1.54, 1.807) is 6.07 Å². The number of para-hydroxylation sites is 1. The fourth-order valence-electron chi connectivity index (χ4n) is 2.29. The maximum atomic E-state index is 9.75. The Bertz CT molecular complexity index is 342. The molecule has 1 aliphatic rings. The van der Waals surface area contributed by atoms with Gasteiger partial charge >= 0.3 is 0 Å². The molecule has 1 atom stereocenters. The topological polar surface area (TPSA) is 32.3 Å². The summed E-state index contributed by atoms with van der Waals surface area (Å²) in [6, 6.07) is 7.64. The van der Waals surface area contributed by atoms with Gasteiger partial charge in [-0.25, -0.2) is 0 Å². The Hall–Kier alpha value is -1.02. The van der Waals surface area contributed by atoms with E-state index in [0.717, 1.165) is 18.5 Å². The quantitative estimate of drug-likeness (QED) is 0.793. The van der Waals surface area contributed by atoms with E-state index in [2.05, 4.69) is 19.2 Å². The molecule has 82 valence electrons. The number of nitrogens with one attached hydrogen (secondary N) is 1. The van der Waals surface area contributed by atoms with Crippen LogP contribution in [-0.2, 0) is 6.42 Å². The second kappa shape index (κ2) is 3.86. The molecule has 2 N–H and O–H groups in total. The molecule has 15 heavy (non-hydrogen) atoms. The molecule has 2 nitrogen and oxygen atoms in total. The molecule has 1 aromatic carbocycles. The van der Waals surface area contributed by atoms with Crippen LogP contribution in [0.15, 0.2) is 24.3 Å². The van der Waals surface area contributed by atoms with Crippen LogP contribution < -0.4 is 5.32 Å². The van der Waals surface area contributed by atoms with Gasteiger partial charge in [0.05, 0.1) is 0 Å². The maximum Gasteiger partial charge on any atom is 0.118 e. The molecule has 0 aliphatic carbocycles. The van der Waals surface area contributed by atoms with E-state index in [1.807, 2.05) is 18.2 Å². The smallest absolute Gasteiger partial charge is 0.118 e. The minimum absolute atomic E-state index is 0.207. The molecule has 0 aromatic heterocycles. The zero-order valence-corrected chi connectivity index (χ0v) is 9.46. The van der Waals surface area contributed by atoms with Gasteiger partial charge in [-0.3, -0.25) is 0 Å². The summed E-state index contributed by atoms with van der Waals surface area (Å²) in [5.74, 6) is 1.03. The van der Waals surface area contributed by atoms with Gasteiger partial charge < -0.3 is 10.4 Å². The second-order valence-corrected chi connectivity index (χ2v) is 4.79. The number of phenolic OH excluding ortho intramolecular Hbond substituents is 1. The minimum atomic E-state index is 0.207. The summed E-state index contributed by atoms with van der Waals surface area (Å²) in [4.78, 5) is 0. The highest BCUT2D eigenvalue weighted by Gasteiger charge is 2.39. The Morgan fingerprint density at radius 3 is 2.53 bits per heavy atom. The highest BCUT2D eigenvalue weighted by Crippen LogP contribution is 2.33. The zero-order chi connectivity index (χ0) is 10.9. The molecule has 1 fully saturated rings. The molecule has 0 saturated carbocycles. The second-order valence-electron chi connectivity index (χ2n) is 4.79. The van der Waals surface area contributed by atoms with Crippen molar-refractivity contribution in [2.24, 2.45) is 5.92 Å². The molecule has 1 aromatic rings. The zero-order valence-electron chi connectivity index (χ0n) is 9.46. The molecule has 0 amide bonds. The third-order valence-electron chi connectivity index (χ3n) is 3.65. The third kappa shape index (κ3) is 1.86. The van der Waals surface area contributed by atoms with Crippen LogP contribution in [0.2, 0.25) is 0 Å². The van der Waals surface area contributed by atoms with Crippen LogP contribution in [0.1, 0.15) is 25.8 Å². The Kier molecular flexibility index (Phi) is 2.70. The molecular formula is C13H19NO. The standard InChI is InChI=1S/C13H19NO/c1-10(2)13(7-8-14-13)9-11-5-3-4-6-12(11)15/h3-6,10,14-15H,7-9H2,1-2H3. The first-order chi connectivity index (χ1) is 7.14. The van der Waals surface area contributed by atoms with Gasteiger partial charge in [0.25, 0.3) is 0 Å². The van der Waals surface area contributed by atoms with Crippen LogP contribution in [0.5, 0.6) is 5.75 Å². The first-order valence-corrected chi connectivity index (χ1v) is 5.66. The van der Waals surface area contributed by atoms with Crippen LogP contribution >= 0.6 is 0 Å². The minimum Gasteiger partial charge on any atom is -0.508 e. The van der Waals surface area contributed by atoms with Gasteiger partial charge in [0.15, 0.2) is 0 Å². The van der Waals surface area contributed by atoms with Crippen molar-refractivity contribution in [3.05, 3.63) is 29.8 Å². The summed E-state index contributed by atoms with van der Waals surface area (Å²) in [7, 11) is 0. The lowest BCUT2D eigenvalue weighted by Gasteiger charge is -2.47. The SMILES string of the molecule is CC(C)C1(Cc2ccccc2O)CCN1. The Balaban J connectivity index is 2.17. The number of benzene rings is 1. The van der Waals surface area contributed by atoms with Crippen molar-refractivity contribution in [1.29, 1.82) is 0 Å². The van der Waals surface area contributed by atoms with E-state index in [4.69, 9.17) is 0 Å². The van der Waals surface area contributed by atoms with Gasteiger partial charge in [-0.1, -0.05) is 32.0 Å². The average molecular weight is 205 g/mol. The van der Waals surface area contributed by atoms with E-state index >= 15 is 0 Å². The van der Waals surface area contributed by atoms with Crippen molar-refractivity contribution in [2.75, 3.05) is 6.54 Å². The maximum absolute atomic E-state index is 9.75. The van der Waals surface area contributed by atoms with Crippen molar-refractivity contribution in [2.45, 2.75) is 32.2 Å². The predicted octanol–water partition coefficient (Wildman–Crippen LogP) is 2.32.